The van der Waals surface area contributed by atoms with Crippen LogP contribution in [0.5, 0.6) is 5.75 Å². The fraction of sp³-hybridized carbons (Fsp3) is 0.423. The van der Waals surface area contributed by atoms with E-state index in [9.17, 15) is 4.79 Å². The van der Waals surface area contributed by atoms with E-state index in [1.165, 1.54) is 5.56 Å². The number of allylic oxidation sites excluding steroid dienone is 1. The highest BCUT2D eigenvalue weighted by Crippen LogP contribution is 2.52. The third-order valence-corrected chi connectivity index (χ3v) is 7.86. The first-order chi connectivity index (χ1) is 15.5. The van der Waals surface area contributed by atoms with Crippen LogP contribution in [0.3, 0.4) is 0 Å². The predicted octanol–water partition coefficient (Wildman–Crippen LogP) is 6.42. The zero-order chi connectivity index (χ0) is 22.7. The number of hydrogen-bond donors (Lipinski definition) is 1. The van der Waals surface area contributed by atoms with Gasteiger partial charge in [0.05, 0.1) is 19.6 Å². The number of hydrogen-bond acceptors (Lipinski definition) is 5. The van der Waals surface area contributed by atoms with Gasteiger partial charge < -0.3 is 9.47 Å². The smallest absolute Gasteiger partial charge is 0.313 e. The van der Waals surface area contributed by atoms with E-state index in [4.69, 9.17) is 21.1 Å². The molecular formula is C26H30ClNO3S. The number of benzene rings is 2. The Morgan fingerprint density at radius 2 is 1.94 bits per heavy atom. The number of carbonyl (C=O) groups excluding carboxylic acids is 1. The van der Waals surface area contributed by atoms with Gasteiger partial charge in [0.1, 0.15) is 5.75 Å². The summed E-state index contributed by atoms with van der Waals surface area (Å²) in [5, 5.41) is 0.754. The fourth-order valence-electron chi connectivity index (χ4n) is 4.84. The topological polar surface area (TPSA) is 47.6 Å². The van der Waals surface area contributed by atoms with Crippen molar-refractivity contribution in [3.05, 3.63) is 64.7 Å². The van der Waals surface area contributed by atoms with Crippen molar-refractivity contribution in [1.29, 1.82) is 0 Å². The summed E-state index contributed by atoms with van der Waals surface area (Å²) in [6.07, 6.45) is 6.54. The molecule has 0 aliphatic heterocycles. The van der Waals surface area contributed by atoms with Gasteiger partial charge in [-0.3, -0.25) is 9.52 Å². The Morgan fingerprint density at radius 1 is 1.22 bits per heavy atom. The van der Waals surface area contributed by atoms with Crippen LogP contribution >= 0.6 is 23.5 Å². The first kappa shape index (κ1) is 23.2. The van der Waals surface area contributed by atoms with Crippen LogP contribution in [-0.2, 0) is 14.9 Å². The molecular weight excluding hydrogens is 442 g/mol. The zero-order valence-corrected chi connectivity index (χ0v) is 20.4. The molecule has 1 saturated carbocycles. The minimum absolute atomic E-state index is 0.0525. The summed E-state index contributed by atoms with van der Waals surface area (Å²) in [5.41, 5.74) is 3.48. The molecule has 32 heavy (non-hydrogen) atoms. The molecule has 1 spiro atoms. The van der Waals surface area contributed by atoms with Gasteiger partial charge in [0, 0.05) is 21.4 Å². The first-order valence-electron chi connectivity index (χ1n) is 11.2. The van der Waals surface area contributed by atoms with Gasteiger partial charge in [-0.2, -0.15) is 0 Å². The van der Waals surface area contributed by atoms with E-state index in [2.05, 4.69) is 22.9 Å². The number of carbonyl (C=O) groups is 1. The Balaban J connectivity index is 1.52. The molecule has 1 atom stereocenters. The quantitative estimate of drug-likeness (QED) is 0.373. The maximum atomic E-state index is 12.5. The van der Waals surface area contributed by atoms with Crippen LogP contribution in [0.4, 0.5) is 0 Å². The van der Waals surface area contributed by atoms with Crippen molar-refractivity contribution in [3.63, 3.8) is 0 Å². The molecule has 1 N–H and O–H groups in total. The molecule has 0 saturated heterocycles. The molecule has 2 aromatic carbocycles. The van der Waals surface area contributed by atoms with Crippen molar-refractivity contribution in [1.82, 2.24) is 4.72 Å². The average Bonchev–Trinajstić information content (AvgIpc) is 3.12. The lowest BCUT2D eigenvalue weighted by Gasteiger charge is -2.37. The maximum Gasteiger partial charge on any atom is 0.313 e. The van der Waals surface area contributed by atoms with Crippen LogP contribution in [0.1, 0.15) is 50.7 Å². The van der Waals surface area contributed by atoms with E-state index in [1.54, 1.807) is 19.1 Å². The van der Waals surface area contributed by atoms with Gasteiger partial charge in [0.15, 0.2) is 0 Å². The summed E-state index contributed by atoms with van der Waals surface area (Å²) in [6.45, 7) is 4.20. The van der Waals surface area contributed by atoms with Crippen molar-refractivity contribution in [2.24, 2.45) is 5.92 Å². The minimum Gasteiger partial charge on any atom is -0.497 e. The number of fused-ring (bicyclic) bond motifs is 2. The molecule has 4 rings (SSSR count). The maximum absolute atomic E-state index is 12.5. The second-order valence-electron chi connectivity index (χ2n) is 8.59. The molecule has 2 aliphatic rings. The van der Waals surface area contributed by atoms with E-state index >= 15 is 0 Å². The number of ether oxygens (including phenoxy) is 2. The molecule has 2 aliphatic carbocycles. The van der Waals surface area contributed by atoms with Crippen molar-refractivity contribution < 1.29 is 14.3 Å². The van der Waals surface area contributed by atoms with Crippen LogP contribution < -0.4 is 9.46 Å². The Bertz CT molecular complexity index is 997. The van der Waals surface area contributed by atoms with E-state index in [-0.39, 0.29) is 17.3 Å². The predicted molar refractivity (Wildman–Crippen MR) is 131 cm³/mol. The molecule has 2 aromatic rings. The number of rotatable bonds is 7. The van der Waals surface area contributed by atoms with Gasteiger partial charge in [-0.25, -0.2) is 0 Å². The SMILES string of the molecule is CCOC(=O)C(C)C1=CC2(CCC(NSc3ccc(Cl)cc3)CC2)c2cc(OC)ccc21. The molecule has 1 fully saturated rings. The molecule has 0 radical (unpaired) electrons. The second kappa shape index (κ2) is 9.90. The second-order valence-corrected chi connectivity index (χ2v) is 9.94. The molecule has 1 unspecified atom stereocenters. The van der Waals surface area contributed by atoms with Gasteiger partial charge in [0.2, 0.25) is 0 Å². The molecule has 6 heteroatoms. The molecule has 4 nitrogen and oxygen atoms in total. The van der Waals surface area contributed by atoms with Gasteiger partial charge in [-0.1, -0.05) is 23.7 Å². The Hall–Kier alpha value is -1.95. The van der Waals surface area contributed by atoms with Gasteiger partial charge in [-0.05, 0) is 105 Å². The summed E-state index contributed by atoms with van der Waals surface area (Å²) < 4.78 is 14.5. The summed E-state index contributed by atoms with van der Waals surface area (Å²) in [5.74, 6) is 0.421. The molecule has 0 heterocycles. The van der Waals surface area contributed by atoms with Gasteiger partial charge in [-0.15, -0.1) is 0 Å². The molecule has 170 valence electrons. The van der Waals surface area contributed by atoms with Crippen LogP contribution in [0.25, 0.3) is 5.57 Å². The summed E-state index contributed by atoms with van der Waals surface area (Å²) in [6, 6.07) is 14.6. The highest BCUT2D eigenvalue weighted by atomic mass is 35.5. The Kier molecular flexibility index (Phi) is 7.18. The van der Waals surface area contributed by atoms with Crippen molar-refractivity contribution in [3.8, 4) is 5.75 Å². The Labute approximate surface area is 199 Å². The van der Waals surface area contributed by atoms with Gasteiger partial charge >= 0.3 is 5.97 Å². The number of nitrogens with one attached hydrogen (secondary N) is 1. The average molecular weight is 472 g/mol. The molecule has 0 aromatic heterocycles. The van der Waals surface area contributed by atoms with Crippen LogP contribution in [-0.4, -0.2) is 25.7 Å². The fourth-order valence-corrected chi connectivity index (χ4v) is 5.77. The van der Waals surface area contributed by atoms with Crippen molar-refractivity contribution in [2.45, 2.75) is 55.9 Å². The van der Waals surface area contributed by atoms with Crippen LogP contribution in [0.2, 0.25) is 5.02 Å². The lowest BCUT2D eigenvalue weighted by Crippen LogP contribution is -2.35. The first-order valence-corrected chi connectivity index (χ1v) is 12.4. The summed E-state index contributed by atoms with van der Waals surface area (Å²) in [7, 11) is 1.70. The van der Waals surface area contributed by atoms with Crippen LogP contribution in [0.15, 0.2) is 53.4 Å². The largest absolute Gasteiger partial charge is 0.497 e. The standard InChI is InChI=1S/C26H30ClNO3S/c1-4-31-25(29)17(2)23-16-26(24-15-20(30-3)7-10-22(23)24)13-11-19(12-14-26)28-32-21-8-5-18(27)6-9-21/h5-10,15-17,19,28H,4,11-14H2,1-3H3. The Morgan fingerprint density at radius 3 is 2.59 bits per heavy atom. The zero-order valence-electron chi connectivity index (χ0n) is 18.8. The summed E-state index contributed by atoms with van der Waals surface area (Å²) in [4.78, 5) is 13.7. The van der Waals surface area contributed by atoms with Gasteiger partial charge in [0.25, 0.3) is 0 Å². The minimum atomic E-state index is -0.280. The highest BCUT2D eigenvalue weighted by Gasteiger charge is 2.43. The van der Waals surface area contributed by atoms with Crippen LogP contribution in [0, 0.1) is 5.92 Å². The molecule has 0 amide bonds. The summed E-state index contributed by atoms with van der Waals surface area (Å²) >= 11 is 7.66. The third kappa shape index (κ3) is 4.70. The van der Waals surface area contributed by atoms with Crippen molar-refractivity contribution in [2.75, 3.05) is 13.7 Å². The monoisotopic (exact) mass is 471 g/mol. The highest BCUT2D eigenvalue weighted by molar-refractivity contribution is 7.97. The molecule has 0 bridgehead atoms. The normalized spacial score (nSPS) is 22.9. The van der Waals surface area contributed by atoms with E-state index in [0.717, 1.165) is 52.5 Å². The number of methoxy groups -OCH3 is 1. The van der Waals surface area contributed by atoms with E-state index < -0.39 is 0 Å². The lowest BCUT2D eigenvalue weighted by atomic mass is 9.70. The van der Waals surface area contributed by atoms with E-state index in [1.807, 2.05) is 44.2 Å². The van der Waals surface area contributed by atoms with E-state index in [0.29, 0.717) is 12.6 Å². The number of halogens is 1. The van der Waals surface area contributed by atoms with Crippen molar-refractivity contribution >= 4 is 35.1 Å². The third-order valence-electron chi connectivity index (χ3n) is 6.65. The number of esters is 1. The lowest BCUT2D eigenvalue weighted by molar-refractivity contribution is -0.145.